The molecule has 3 aromatic rings. The maximum Gasteiger partial charge on any atom is 1.00 e. The average molecular weight is 551 g/mol. The van der Waals surface area contributed by atoms with Gasteiger partial charge in [0, 0.05) is 0 Å². The Hall–Kier alpha value is 0.640. The molecule has 3 atom stereocenters. The van der Waals surface area contributed by atoms with Gasteiger partial charge in [-0.25, -0.2) is 11.6 Å². The van der Waals surface area contributed by atoms with E-state index in [1.54, 1.807) is 10.9 Å². The number of aromatic amines is 1. The van der Waals surface area contributed by atoms with Gasteiger partial charge in [-0.2, -0.15) is 4.98 Å². The molecule has 0 amide bonds. The molecule has 1 saturated carbocycles. The van der Waals surface area contributed by atoms with Gasteiger partial charge in [-0.05, 0) is 11.5 Å². The average Bonchev–Trinajstić information content (AvgIpc) is 3.24. The summed E-state index contributed by atoms with van der Waals surface area (Å²) in [6.07, 6.45) is 2.19. The van der Waals surface area contributed by atoms with E-state index >= 15 is 0 Å². The van der Waals surface area contributed by atoms with E-state index < -0.39 is 0 Å². The Kier molecular flexibility index (Phi) is 10.9. The Morgan fingerprint density at radius 3 is 2.77 bits per heavy atom. The van der Waals surface area contributed by atoms with Crippen molar-refractivity contribution in [2.75, 3.05) is 12.3 Å². The number of nitrogen functional groups attached to an aromatic ring is 1. The third-order valence-electron chi connectivity index (χ3n) is 5.30. The Bertz CT molecular complexity index is 1050. The van der Waals surface area contributed by atoms with Crippen LogP contribution in [-0.2, 0) is 11.3 Å². The summed E-state index contributed by atoms with van der Waals surface area (Å²) in [6, 6.07) is 9.76. The first-order chi connectivity index (χ1) is 13.6. The molecule has 1 aromatic carbocycles. The molecule has 8 nitrogen and oxygen atoms in total. The normalized spacial score (nSPS) is 20.7. The van der Waals surface area contributed by atoms with Gasteiger partial charge in [0.2, 0.25) is 5.95 Å². The quantitative estimate of drug-likeness (QED) is 0.214. The molecule has 1 aliphatic rings. The minimum atomic E-state index is -0.377. The van der Waals surface area contributed by atoms with Gasteiger partial charge >= 0.3 is 116 Å². The van der Waals surface area contributed by atoms with Gasteiger partial charge in [0.1, 0.15) is 0 Å². The summed E-state index contributed by atoms with van der Waals surface area (Å²) in [4.78, 5) is 22.9. The number of aliphatic hydroxyl groups is 1. The molecule has 1 fully saturated rings. The van der Waals surface area contributed by atoms with Crippen LogP contribution in [0.5, 0.6) is 0 Å². The van der Waals surface area contributed by atoms with E-state index in [4.69, 9.17) is 10.5 Å². The fourth-order valence-electron chi connectivity index (χ4n) is 3.83. The van der Waals surface area contributed by atoms with Gasteiger partial charge in [0.05, 0.1) is 25.6 Å². The number of H-pyrrole nitrogens is 1. The van der Waals surface area contributed by atoms with Crippen molar-refractivity contribution in [3.05, 3.63) is 71.3 Å². The second-order valence-electron chi connectivity index (χ2n) is 7.02. The van der Waals surface area contributed by atoms with Crippen LogP contribution in [0.1, 0.15) is 18.0 Å². The summed E-state index contributed by atoms with van der Waals surface area (Å²) < 4.78 is 7.69. The van der Waals surface area contributed by atoms with Crippen molar-refractivity contribution in [3.63, 3.8) is 0 Å². The van der Waals surface area contributed by atoms with E-state index in [1.807, 2.05) is 30.3 Å². The van der Waals surface area contributed by atoms with Crippen molar-refractivity contribution in [3.8, 4) is 0 Å². The number of imidazole rings is 1. The van der Waals surface area contributed by atoms with Crippen LogP contribution in [0.25, 0.3) is 11.2 Å². The van der Waals surface area contributed by atoms with Crippen LogP contribution in [0.2, 0.25) is 0 Å². The van der Waals surface area contributed by atoms with Gasteiger partial charge in [0.15, 0.2) is 11.2 Å². The van der Waals surface area contributed by atoms with Gasteiger partial charge in [-0.15, -0.1) is 5.92 Å². The van der Waals surface area contributed by atoms with Crippen molar-refractivity contribution in [1.29, 1.82) is 0 Å². The number of benzene rings is 1. The maximum atomic E-state index is 12.0. The molecule has 0 unspecified atom stereocenters. The van der Waals surface area contributed by atoms with Crippen molar-refractivity contribution < 1.29 is 126 Å². The molecule has 4 rings (SSSR count). The van der Waals surface area contributed by atoms with Gasteiger partial charge < -0.3 is 20.1 Å². The molecule has 2 heterocycles. The van der Waals surface area contributed by atoms with E-state index in [0.29, 0.717) is 25.3 Å². The number of hydrogen-bond donors (Lipinski definition) is 3. The van der Waals surface area contributed by atoms with Crippen LogP contribution in [0.3, 0.4) is 0 Å². The Morgan fingerprint density at radius 1 is 1.33 bits per heavy atom. The molecule has 0 radical (unpaired) electrons. The van der Waals surface area contributed by atoms with Crippen LogP contribution in [0.15, 0.2) is 53.6 Å². The first kappa shape index (κ1) is 26.9. The van der Waals surface area contributed by atoms with Gasteiger partial charge in [0.25, 0.3) is 5.56 Å². The Morgan fingerprint density at radius 2 is 2.07 bits per heavy atom. The van der Waals surface area contributed by atoms with Crippen LogP contribution in [0.4, 0.5) is 5.95 Å². The number of hydrogen-bond acceptors (Lipinski definition) is 6. The monoisotopic (exact) mass is 550 g/mol. The predicted octanol–water partition coefficient (Wildman–Crippen LogP) is -3.81. The van der Waals surface area contributed by atoms with Crippen LogP contribution >= 0.6 is 0 Å². The summed E-state index contributed by atoms with van der Waals surface area (Å²) in [6.45, 7) is 6.38. The number of aromatic nitrogens is 4. The van der Waals surface area contributed by atoms with E-state index in [2.05, 4.69) is 21.5 Å². The minimum Gasteiger partial charge on any atom is -0.566 e. The van der Waals surface area contributed by atoms with Crippen LogP contribution in [-0.4, -0.2) is 31.2 Å². The summed E-state index contributed by atoms with van der Waals surface area (Å²) in [5.41, 5.74) is 7.95. The van der Waals surface area contributed by atoms with Crippen molar-refractivity contribution in [1.82, 2.24) is 19.5 Å². The molecule has 1 aliphatic carbocycles. The smallest absolute Gasteiger partial charge is 0.566 e. The molecule has 0 spiro atoms. The Balaban J connectivity index is 0.00000160. The van der Waals surface area contributed by atoms with E-state index in [-0.39, 0.29) is 151 Å². The molecule has 4 N–H and O–H groups in total. The van der Waals surface area contributed by atoms with Crippen molar-refractivity contribution >= 4 is 17.1 Å². The summed E-state index contributed by atoms with van der Waals surface area (Å²) >= 11 is 0. The fourth-order valence-corrected chi connectivity index (χ4v) is 3.83. The number of rotatable bonds is 6. The number of nitrogens with one attached hydrogen (secondary N) is 1. The minimum absolute atomic E-state index is 0. The first-order valence-corrected chi connectivity index (χ1v) is 9.08. The van der Waals surface area contributed by atoms with Crippen LogP contribution < -0.4 is 128 Å². The number of anilines is 1. The topological polar surface area (TPSA) is 119 Å². The summed E-state index contributed by atoms with van der Waals surface area (Å²) in [5, 5.41) is 9.75. The second-order valence-corrected chi connectivity index (χ2v) is 7.02. The van der Waals surface area contributed by atoms with E-state index in [9.17, 15) is 9.90 Å². The van der Waals surface area contributed by atoms with Crippen molar-refractivity contribution in [2.24, 2.45) is 11.8 Å². The fraction of sp³-hybridized carbons (Fsp3) is 0.300. The number of fused-ring (bicyclic) bond motifs is 1. The molecule has 0 saturated heterocycles. The molecule has 0 aliphatic heterocycles. The molecule has 10 heteroatoms. The van der Waals surface area contributed by atoms with Crippen LogP contribution in [0, 0.1) is 18.4 Å². The van der Waals surface area contributed by atoms with Crippen molar-refractivity contribution in [2.45, 2.75) is 19.1 Å². The van der Waals surface area contributed by atoms with E-state index in [0.717, 1.165) is 11.1 Å². The summed E-state index contributed by atoms with van der Waals surface area (Å²) in [7, 11) is 0. The SMILES string of the molecule is C=C1[C@H](COCc2ccccc2)[C@@H]([CH-]O)C[C@@H]1n1cnc2c(=O)[nH]c(N)nc21.[Rb+].[Rb+]. The molecule has 146 valence electrons. The largest absolute Gasteiger partial charge is 1.00 e. The number of nitrogens with zero attached hydrogens (tertiary/aromatic N) is 3. The third-order valence-corrected chi connectivity index (χ3v) is 5.30. The standard InChI is InChI=1S/C20H22N5O3.2Rb/c1-12-15(10-28-9-13-5-3-2-4-6-13)14(8-26)7-16(12)25-11-22-17-18(25)23-20(21)24-19(17)27;;/h2-6,8,11,14-16,26H,1,7,9-10H2,(H3,21,23,24,27);;/q-1;2*+1/t14-,15+,16+;;/m1../s1. The zero-order valence-corrected chi connectivity index (χ0v) is 27.1. The Labute approximate surface area is 272 Å². The molecule has 2 aromatic heterocycles. The maximum absolute atomic E-state index is 12.0. The number of aliphatic hydroxyl groups excluding tert-OH is 1. The van der Waals surface area contributed by atoms with Gasteiger partial charge in [-0.3, -0.25) is 9.78 Å². The molecule has 0 bridgehead atoms. The third kappa shape index (κ3) is 5.76. The van der Waals surface area contributed by atoms with Gasteiger partial charge in [-0.1, -0.05) is 48.9 Å². The molecular weight excluding hydrogens is 529 g/mol. The first-order valence-electron chi connectivity index (χ1n) is 9.08. The molecule has 30 heavy (non-hydrogen) atoms. The second kappa shape index (κ2) is 12.2. The zero-order chi connectivity index (χ0) is 19.7. The summed E-state index contributed by atoms with van der Waals surface area (Å²) in [5.74, 6) is -0.114. The number of ether oxygens (including phenoxy) is 1. The predicted molar refractivity (Wildman–Crippen MR) is 105 cm³/mol. The van der Waals surface area contributed by atoms with E-state index in [1.165, 1.54) is 6.61 Å². The zero-order valence-electron chi connectivity index (χ0n) is 17.3. The number of nitrogens with two attached hydrogens (primary N) is 1. The molecular formula is C20H22N5O3Rb2+.